The number of aromatic hydroxyl groups is 1. The van der Waals surface area contributed by atoms with Crippen LogP contribution in [0.25, 0.3) is 11.3 Å². The van der Waals surface area contributed by atoms with E-state index in [0.29, 0.717) is 75.0 Å². The van der Waals surface area contributed by atoms with Crippen molar-refractivity contribution in [1.82, 2.24) is 25.3 Å². The van der Waals surface area contributed by atoms with E-state index in [4.69, 9.17) is 15.2 Å². The molecule has 6 aliphatic rings. The number of aromatic nitrogens is 2. The van der Waals surface area contributed by atoms with Gasteiger partial charge in [-0.1, -0.05) is 30.3 Å². The number of para-hydroxylation sites is 2. The third kappa shape index (κ3) is 8.49. The maximum absolute atomic E-state index is 13.6. The number of nitrogens with zero attached hydrogens (tertiary/aromatic N) is 7. The lowest BCUT2D eigenvalue weighted by Crippen LogP contribution is -2.66. The molecule has 1 atom stereocenters. The van der Waals surface area contributed by atoms with Gasteiger partial charge in [-0.05, 0) is 99.5 Å². The highest BCUT2D eigenvalue weighted by molar-refractivity contribution is 5.96. The van der Waals surface area contributed by atoms with Crippen LogP contribution in [-0.2, 0) is 14.4 Å². The number of piperidine rings is 2. The molecular weight excluding hydrogens is 811 g/mol. The molecule has 3 aromatic carbocycles. The van der Waals surface area contributed by atoms with Gasteiger partial charge in [0.15, 0.2) is 5.82 Å². The SMILES string of the molecule is Nc1nnc(-c2ccccc2O)cc1N1CCN(c2cccc(OC3CCN(C(=O)CN4CCC(c5cccc6c5OCCN6[C@H]5CCC(=O)NC(=O)C5)CC4)CC3)c2)C2(CCC2)C1. The second-order valence-electron chi connectivity index (χ2n) is 18.5. The fraction of sp³-hybridized carbons (Fsp3) is 0.490. The van der Waals surface area contributed by atoms with Crippen LogP contribution in [0, 0.1) is 0 Å². The fourth-order valence-electron chi connectivity index (χ4n) is 11.0. The lowest BCUT2D eigenvalue weighted by molar-refractivity contribution is -0.134. The van der Waals surface area contributed by atoms with Gasteiger partial charge in [-0.3, -0.25) is 24.6 Å². The second kappa shape index (κ2) is 17.8. The van der Waals surface area contributed by atoms with Gasteiger partial charge in [-0.25, -0.2) is 0 Å². The quantitative estimate of drug-likeness (QED) is 0.185. The van der Waals surface area contributed by atoms with E-state index in [0.717, 1.165) is 99.8 Å². The van der Waals surface area contributed by atoms with Gasteiger partial charge < -0.3 is 39.9 Å². The van der Waals surface area contributed by atoms with E-state index in [1.807, 2.05) is 29.2 Å². The number of phenolic OH excluding ortho intramolecular Hbond substituents is 1. The van der Waals surface area contributed by atoms with Crippen molar-refractivity contribution >= 4 is 40.6 Å². The van der Waals surface area contributed by atoms with Crippen molar-refractivity contribution in [3.8, 4) is 28.5 Å². The molecule has 1 spiro atoms. The monoisotopic (exact) mass is 869 g/mol. The van der Waals surface area contributed by atoms with Crippen LogP contribution in [-0.4, -0.2) is 126 Å². The van der Waals surface area contributed by atoms with E-state index in [9.17, 15) is 19.5 Å². The molecule has 4 aromatic rings. The lowest BCUT2D eigenvalue weighted by Gasteiger charge is -2.57. The minimum Gasteiger partial charge on any atom is -0.507 e. The minimum atomic E-state index is -0.211. The first-order valence-corrected chi connectivity index (χ1v) is 23.3. The van der Waals surface area contributed by atoms with Gasteiger partial charge in [-0.2, -0.15) is 0 Å². The molecular formula is C49H59N9O6. The number of amides is 3. The van der Waals surface area contributed by atoms with E-state index in [1.165, 1.54) is 12.0 Å². The first-order chi connectivity index (χ1) is 31.2. The Hall–Kier alpha value is -6.09. The summed E-state index contributed by atoms with van der Waals surface area (Å²) in [5.41, 5.74) is 11.8. The van der Waals surface area contributed by atoms with Crippen molar-refractivity contribution in [3.63, 3.8) is 0 Å². The van der Waals surface area contributed by atoms with Gasteiger partial charge >= 0.3 is 0 Å². The first kappa shape index (κ1) is 41.9. The van der Waals surface area contributed by atoms with Crippen molar-refractivity contribution in [2.45, 2.75) is 87.8 Å². The zero-order valence-electron chi connectivity index (χ0n) is 36.5. The molecule has 1 saturated carbocycles. The number of ether oxygens (including phenoxy) is 2. The number of benzene rings is 3. The van der Waals surface area contributed by atoms with Crippen LogP contribution in [0.2, 0.25) is 0 Å². The number of likely N-dealkylation sites (tertiary alicyclic amines) is 2. The number of carbonyl (C=O) groups excluding carboxylic acids is 3. The number of hydrogen-bond donors (Lipinski definition) is 3. The van der Waals surface area contributed by atoms with E-state index in [1.54, 1.807) is 12.1 Å². The summed E-state index contributed by atoms with van der Waals surface area (Å²) in [6.45, 7) is 7.13. The van der Waals surface area contributed by atoms with Gasteiger partial charge in [0, 0.05) is 81.8 Å². The lowest BCUT2D eigenvalue weighted by atomic mass is 9.73. The molecule has 0 radical (unpaired) electrons. The van der Waals surface area contributed by atoms with E-state index < -0.39 is 0 Å². The largest absolute Gasteiger partial charge is 0.507 e. The van der Waals surface area contributed by atoms with Crippen molar-refractivity contribution < 1.29 is 29.0 Å². The number of hydrogen-bond acceptors (Lipinski definition) is 13. The normalized spacial score (nSPS) is 22.0. The highest BCUT2D eigenvalue weighted by Gasteiger charge is 2.47. The minimum absolute atomic E-state index is 0.0278. The number of nitrogens with one attached hydrogen (secondary N) is 1. The molecule has 4 saturated heterocycles. The predicted octanol–water partition coefficient (Wildman–Crippen LogP) is 5.32. The topological polar surface area (TPSA) is 170 Å². The Bertz CT molecular complexity index is 2380. The Balaban J connectivity index is 0.709. The van der Waals surface area contributed by atoms with Gasteiger partial charge in [0.25, 0.3) is 0 Å². The average Bonchev–Trinajstić information content (AvgIpc) is 3.48. The van der Waals surface area contributed by atoms with Crippen molar-refractivity contribution in [3.05, 3.63) is 78.4 Å². The Labute approximate surface area is 374 Å². The van der Waals surface area contributed by atoms with E-state index in [2.05, 4.69) is 71.5 Å². The van der Waals surface area contributed by atoms with Crippen LogP contribution in [0.4, 0.5) is 22.9 Å². The molecule has 10 rings (SSSR count). The molecule has 1 aliphatic carbocycles. The number of rotatable bonds is 9. The zero-order valence-corrected chi connectivity index (χ0v) is 36.5. The van der Waals surface area contributed by atoms with Crippen molar-refractivity contribution in [2.75, 3.05) is 85.9 Å². The van der Waals surface area contributed by atoms with Crippen molar-refractivity contribution in [1.29, 1.82) is 0 Å². The maximum atomic E-state index is 13.6. The number of phenols is 1. The molecule has 15 heteroatoms. The van der Waals surface area contributed by atoms with Crippen LogP contribution in [0.3, 0.4) is 0 Å². The molecule has 5 aliphatic heterocycles. The van der Waals surface area contributed by atoms with Crippen LogP contribution in [0.15, 0.2) is 72.8 Å². The molecule has 4 N–H and O–H groups in total. The summed E-state index contributed by atoms with van der Waals surface area (Å²) in [7, 11) is 0. The molecule has 5 fully saturated rings. The molecule has 0 unspecified atom stereocenters. The molecule has 6 heterocycles. The van der Waals surface area contributed by atoms with Crippen LogP contribution in [0.5, 0.6) is 17.2 Å². The number of nitrogen functional groups attached to an aromatic ring is 1. The van der Waals surface area contributed by atoms with Crippen LogP contribution < -0.4 is 35.2 Å². The summed E-state index contributed by atoms with van der Waals surface area (Å²) in [4.78, 5) is 49.5. The molecule has 64 heavy (non-hydrogen) atoms. The first-order valence-electron chi connectivity index (χ1n) is 23.3. The summed E-state index contributed by atoms with van der Waals surface area (Å²) in [6.07, 6.45) is 8.14. The summed E-state index contributed by atoms with van der Waals surface area (Å²) >= 11 is 0. The Morgan fingerprint density at radius 1 is 0.859 bits per heavy atom. The number of anilines is 4. The average molecular weight is 870 g/mol. The van der Waals surface area contributed by atoms with Crippen molar-refractivity contribution in [2.24, 2.45) is 0 Å². The predicted molar refractivity (Wildman–Crippen MR) is 245 cm³/mol. The number of fused-ring (bicyclic) bond motifs is 1. The number of nitrogens with two attached hydrogens (primary N) is 1. The summed E-state index contributed by atoms with van der Waals surface area (Å²) in [5.74, 6) is 2.42. The Morgan fingerprint density at radius 2 is 1.67 bits per heavy atom. The highest BCUT2D eigenvalue weighted by Crippen LogP contribution is 2.46. The fourth-order valence-corrected chi connectivity index (χ4v) is 11.0. The summed E-state index contributed by atoms with van der Waals surface area (Å²) < 4.78 is 12.9. The Morgan fingerprint density at radius 3 is 2.47 bits per heavy atom. The number of piperazine rings is 1. The third-order valence-corrected chi connectivity index (χ3v) is 14.6. The Kier molecular flexibility index (Phi) is 11.7. The summed E-state index contributed by atoms with van der Waals surface area (Å²) in [5, 5.41) is 21.6. The van der Waals surface area contributed by atoms with Gasteiger partial charge in [-0.15, -0.1) is 10.2 Å². The van der Waals surface area contributed by atoms with Crippen LogP contribution >= 0.6 is 0 Å². The van der Waals surface area contributed by atoms with E-state index in [-0.39, 0.29) is 41.2 Å². The zero-order chi connectivity index (χ0) is 43.8. The molecule has 336 valence electrons. The summed E-state index contributed by atoms with van der Waals surface area (Å²) in [6, 6.07) is 23.9. The van der Waals surface area contributed by atoms with Crippen LogP contribution in [0.1, 0.15) is 75.7 Å². The van der Waals surface area contributed by atoms with Gasteiger partial charge in [0.2, 0.25) is 17.7 Å². The molecule has 1 aromatic heterocycles. The highest BCUT2D eigenvalue weighted by atomic mass is 16.5. The van der Waals surface area contributed by atoms with Gasteiger partial charge in [0.1, 0.15) is 30.0 Å². The molecule has 15 nitrogen and oxygen atoms in total. The smallest absolute Gasteiger partial charge is 0.236 e. The second-order valence-corrected chi connectivity index (χ2v) is 18.5. The molecule has 0 bridgehead atoms. The number of imide groups is 1. The number of carbonyl (C=O) groups is 3. The standard InChI is InChI=1S/C49H59N9O6/c50-48-42(30-40(52-53-48)39-8-1-2-11-43(39)59)56-24-25-58(49(32-56)18-5-19-49)35-6-3-7-37(28-35)64-36-16-22-55(23-17-36)46(62)31-54-20-14-33(15-21-54)38-9-4-10-41-47(38)63-27-26-57(41)34-12-13-44(60)51-45(61)29-34/h1-4,6-11,28,30,33-34,36,59H,5,12-27,29,31-32H2,(H2,50,53)(H,51,60,61)/t34-/m0/s1. The van der Waals surface area contributed by atoms with Gasteiger partial charge in [0.05, 0.1) is 35.7 Å². The van der Waals surface area contributed by atoms with E-state index >= 15 is 0 Å². The maximum Gasteiger partial charge on any atom is 0.236 e. The third-order valence-electron chi connectivity index (χ3n) is 14.6. The molecule has 3 amide bonds.